The van der Waals surface area contributed by atoms with Crippen LogP contribution in [0.4, 0.5) is 5.82 Å². The van der Waals surface area contributed by atoms with Gasteiger partial charge in [-0.1, -0.05) is 12.1 Å². The number of anilines is 1. The number of aromatic nitrogens is 4. The molecule has 0 aliphatic carbocycles. The van der Waals surface area contributed by atoms with E-state index in [-0.39, 0.29) is 0 Å². The van der Waals surface area contributed by atoms with Gasteiger partial charge in [0.25, 0.3) is 0 Å². The van der Waals surface area contributed by atoms with E-state index in [1.54, 1.807) is 29.9 Å². The van der Waals surface area contributed by atoms with Crippen molar-refractivity contribution in [1.82, 2.24) is 19.9 Å². The maximum absolute atomic E-state index is 4.84. The van der Waals surface area contributed by atoms with Crippen LogP contribution in [0.2, 0.25) is 0 Å². The number of nitrogens with one attached hydrogen (secondary N) is 1. The number of pyridine rings is 2. The number of hydrogen-bond acceptors (Lipinski definition) is 6. The van der Waals surface area contributed by atoms with E-state index in [9.17, 15) is 0 Å². The topological polar surface area (TPSA) is 63.6 Å². The van der Waals surface area contributed by atoms with Crippen molar-refractivity contribution in [2.45, 2.75) is 13.5 Å². The molecule has 0 saturated heterocycles. The molecular formula is C24H19N5S. The van der Waals surface area contributed by atoms with E-state index in [0.29, 0.717) is 12.4 Å². The maximum atomic E-state index is 4.84. The first-order chi connectivity index (χ1) is 14.8. The van der Waals surface area contributed by atoms with Crippen molar-refractivity contribution in [2.75, 3.05) is 5.32 Å². The summed E-state index contributed by atoms with van der Waals surface area (Å²) < 4.78 is 0. The predicted octanol–water partition coefficient (Wildman–Crippen LogP) is 5.74. The van der Waals surface area contributed by atoms with Crippen LogP contribution in [0.15, 0.2) is 78.6 Å². The molecule has 5 rings (SSSR count). The average Bonchev–Trinajstić information content (AvgIpc) is 3.24. The number of fused-ring (bicyclic) bond motifs is 1. The van der Waals surface area contributed by atoms with Crippen LogP contribution in [0.5, 0.6) is 0 Å². The molecule has 0 bridgehead atoms. The minimum absolute atomic E-state index is 0.585. The number of hydrogen-bond donors (Lipinski definition) is 1. The Kier molecular flexibility index (Phi) is 4.91. The lowest BCUT2D eigenvalue weighted by Gasteiger charge is -2.12. The maximum Gasteiger partial charge on any atom is 0.163 e. The van der Waals surface area contributed by atoms with Crippen LogP contribution in [0.25, 0.3) is 32.7 Å². The fraction of sp³-hybridized carbons (Fsp3) is 0.0833. The Hall–Kier alpha value is -3.64. The van der Waals surface area contributed by atoms with Crippen molar-refractivity contribution in [1.29, 1.82) is 0 Å². The molecule has 0 fully saturated rings. The number of thiophene rings is 1. The molecular weight excluding hydrogens is 390 g/mol. The Morgan fingerprint density at radius 2 is 1.90 bits per heavy atom. The molecule has 0 radical (unpaired) electrons. The standard InChI is InChI=1S/C24H19N5S/c1-16-11-22(30-15-16)17-7-8-21-20(12-17)24(27-14-19-6-2-3-10-26-19)29-23(28-21)18-5-4-9-25-13-18/h2-13,15H,14H2,1H3,(H,27,28,29). The Balaban J connectivity index is 1.61. The molecule has 30 heavy (non-hydrogen) atoms. The van der Waals surface area contributed by atoms with Crippen molar-refractivity contribution >= 4 is 28.1 Å². The third-order valence-corrected chi connectivity index (χ3v) is 5.89. The lowest BCUT2D eigenvalue weighted by Crippen LogP contribution is -2.05. The molecule has 0 aliphatic heterocycles. The first kappa shape index (κ1) is 18.4. The normalized spacial score (nSPS) is 11.0. The van der Waals surface area contributed by atoms with Gasteiger partial charge in [0, 0.05) is 34.4 Å². The summed E-state index contributed by atoms with van der Waals surface area (Å²) in [5.74, 6) is 1.44. The van der Waals surface area contributed by atoms with E-state index < -0.39 is 0 Å². The highest BCUT2D eigenvalue weighted by molar-refractivity contribution is 7.13. The van der Waals surface area contributed by atoms with Gasteiger partial charge in [-0.2, -0.15) is 0 Å². The van der Waals surface area contributed by atoms with Crippen LogP contribution in [0, 0.1) is 6.92 Å². The molecule has 4 aromatic heterocycles. The number of benzene rings is 1. The first-order valence-corrected chi connectivity index (χ1v) is 10.6. The van der Waals surface area contributed by atoms with Crippen LogP contribution in [-0.2, 0) is 6.54 Å². The van der Waals surface area contributed by atoms with Crippen molar-refractivity contribution in [3.63, 3.8) is 0 Å². The fourth-order valence-corrected chi connectivity index (χ4v) is 4.20. The molecule has 5 aromatic rings. The summed E-state index contributed by atoms with van der Waals surface area (Å²) in [5, 5.41) is 6.62. The summed E-state index contributed by atoms with van der Waals surface area (Å²) in [7, 11) is 0. The summed E-state index contributed by atoms with van der Waals surface area (Å²) in [6, 6.07) is 18.3. The molecule has 0 unspecified atom stereocenters. The molecule has 1 N–H and O–H groups in total. The number of nitrogens with zero attached hydrogens (tertiary/aromatic N) is 4. The zero-order valence-electron chi connectivity index (χ0n) is 16.4. The van der Waals surface area contributed by atoms with Crippen molar-refractivity contribution in [3.8, 4) is 21.8 Å². The van der Waals surface area contributed by atoms with Crippen LogP contribution >= 0.6 is 11.3 Å². The second-order valence-corrected chi connectivity index (χ2v) is 7.94. The largest absolute Gasteiger partial charge is 0.364 e. The van der Waals surface area contributed by atoms with Gasteiger partial charge in [-0.25, -0.2) is 9.97 Å². The fourth-order valence-electron chi connectivity index (χ4n) is 3.30. The van der Waals surface area contributed by atoms with E-state index in [0.717, 1.165) is 28.0 Å². The molecule has 0 saturated carbocycles. The van der Waals surface area contributed by atoms with Gasteiger partial charge >= 0.3 is 0 Å². The second-order valence-electron chi connectivity index (χ2n) is 7.03. The molecule has 0 spiro atoms. The highest BCUT2D eigenvalue weighted by Gasteiger charge is 2.12. The van der Waals surface area contributed by atoms with Crippen LogP contribution in [0.3, 0.4) is 0 Å². The van der Waals surface area contributed by atoms with Crippen LogP contribution in [-0.4, -0.2) is 19.9 Å². The highest BCUT2D eigenvalue weighted by atomic mass is 32.1. The molecule has 146 valence electrons. The van der Waals surface area contributed by atoms with Gasteiger partial charge in [-0.3, -0.25) is 9.97 Å². The van der Waals surface area contributed by atoms with Gasteiger partial charge in [-0.15, -0.1) is 11.3 Å². The Morgan fingerprint density at radius 3 is 2.67 bits per heavy atom. The van der Waals surface area contributed by atoms with E-state index in [1.165, 1.54) is 16.0 Å². The Morgan fingerprint density at radius 1 is 0.933 bits per heavy atom. The number of aryl methyl sites for hydroxylation is 1. The molecule has 5 nitrogen and oxygen atoms in total. The van der Waals surface area contributed by atoms with Gasteiger partial charge in [0.2, 0.25) is 0 Å². The van der Waals surface area contributed by atoms with E-state index in [1.807, 2.05) is 30.3 Å². The molecule has 0 atom stereocenters. The van der Waals surface area contributed by atoms with Crippen LogP contribution < -0.4 is 5.32 Å². The third kappa shape index (κ3) is 3.77. The smallest absolute Gasteiger partial charge is 0.163 e. The van der Waals surface area contributed by atoms with Crippen LogP contribution in [0.1, 0.15) is 11.3 Å². The van der Waals surface area contributed by atoms with Gasteiger partial charge < -0.3 is 5.32 Å². The van der Waals surface area contributed by atoms with Crippen molar-refractivity contribution < 1.29 is 0 Å². The summed E-state index contributed by atoms with van der Waals surface area (Å²) in [6.45, 7) is 2.70. The minimum Gasteiger partial charge on any atom is -0.364 e. The molecule has 6 heteroatoms. The summed E-state index contributed by atoms with van der Waals surface area (Å²) in [6.07, 6.45) is 5.33. The van der Waals surface area contributed by atoms with E-state index >= 15 is 0 Å². The summed E-state index contributed by atoms with van der Waals surface area (Å²) in [5.41, 5.74) is 5.17. The van der Waals surface area contributed by atoms with Crippen molar-refractivity contribution in [3.05, 3.63) is 89.8 Å². The molecule has 4 heterocycles. The third-order valence-electron chi connectivity index (χ3n) is 4.79. The van der Waals surface area contributed by atoms with Gasteiger partial charge in [0.15, 0.2) is 5.82 Å². The van der Waals surface area contributed by atoms with Gasteiger partial charge in [0.05, 0.1) is 17.8 Å². The quantitative estimate of drug-likeness (QED) is 0.401. The molecule has 0 aliphatic rings. The second kappa shape index (κ2) is 8.00. The SMILES string of the molecule is Cc1csc(-c2ccc3nc(-c4cccnc4)nc(NCc4ccccn4)c3c2)c1. The minimum atomic E-state index is 0.585. The first-order valence-electron chi connectivity index (χ1n) is 9.68. The lowest BCUT2D eigenvalue weighted by molar-refractivity contribution is 1.03. The summed E-state index contributed by atoms with van der Waals surface area (Å²) >= 11 is 1.75. The Labute approximate surface area is 178 Å². The predicted molar refractivity (Wildman–Crippen MR) is 122 cm³/mol. The van der Waals surface area contributed by atoms with E-state index in [2.05, 4.69) is 51.9 Å². The average molecular weight is 410 g/mol. The highest BCUT2D eigenvalue weighted by Crippen LogP contribution is 2.32. The molecule has 1 aromatic carbocycles. The zero-order chi connectivity index (χ0) is 20.3. The Bertz CT molecular complexity index is 1300. The van der Waals surface area contributed by atoms with E-state index in [4.69, 9.17) is 9.97 Å². The van der Waals surface area contributed by atoms with Gasteiger partial charge in [0.1, 0.15) is 5.82 Å². The lowest BCUT2D eigenvalue weighted by atomic mass is 10.1. The van der Waals surface area contributed by atoms with Gasteiger partial charge in [-0.05, 0) is 65.9 Å². The summed E-state index contributed by atoms with van der Waals surface area (Å²) in [4.78, 5) is 19.5. The monoisotopic (exact) mass is 409 g/mol. The van der Waals surface area contributed by atoms with Crippen molar-refractivity contribution in [2.24, 2.45) is 0 Å². The molecule has 0 amide bonds. The zero-order valence-corrected chi connectivity index (χ0v) is 17.2. The number of rotatable bonds is 5.